The van der Waals surface area contributed by atoms with Gasteiger partial charge in [-0.25, -0.2) is 0 Å². The summed E-state index contributed by atoms with van der Waals surface area (Å²) in [5.74, 6) is -0.0664. The van der Waals surface area contributed by atoms with Crippen LogP contribution >= 0.6 is 0 Å². The van der Waals surface area contributed by atoms with Crippen LogP contribution in [-0.2, 0) is 14.3 Å². The van der Waals surface area contributed by atoms with E-state index >= 15 is 0 Å². The maximum absolute atomic E-state index is 12.1. The van der Waals surface area contributed by atoms with E-state index in [1.807, 2.05) is 18.7 Å². The number of amides is 1. The zero-order valence-corrected chi connectivity index (χ0v) is 11.1. The molecule has 1 aliphatic carbocycles. The Kier molecular flexibility index (Phi) is 5.45. The molecule has 0 bridgehead atoms. The molecule has 0 aromatic heterocycles. The fourth-order valence-electron chi connectivity index (χ4n) is 2.08. The maximum Gasteiger partial charge on any atom is 0.310 e. The zero-order chi connectivity index (χ0) is 12.8. The lowest BCUT2D eigenvalue weighted by molar-refractivity contribution is -0.147. The van der Waals surface area contributed by atoms with Gasteiger partial charge in [0.25, 0.3) is 0 Å². The summed E-state index contributed by atoms with van der Waals surface area (Å²) in [6, 6.07) is 0. The second kappa shape index (κ2) is 6.62. The van der Waals surface area contributed by atoms with Crippen LogP contribution in [0.1, 0.15) is 39.5 Å². The van der Waals surface area contributed by atoms with Crippen molar-refractivity contribution in [3.63, 3.8) is 0 Å². The van der Waals surface area contributed by atoms with Gasteiger partial charge in [0.05, 0.1) is 13.0 Å². The number of methoxy groups -OCH3 is 1. The zero-order valence-electron chi connectivity index (χ0n) is 11.1. The van der Waals surface area contributed by atoms with Crippen molar-refractivity contribution in [2.45, 2.75) is 39.5 Å². The Morgan fingerprint density at radius 3 is 2.47 bits per heavy atom. The van der Waals surface area contributed by atoms with Crippen molar-refractivity contribution in [3.05, 3.63) is 0 Å². The van der Waals surface area contributed by atoms with Crippen LogP contribution in [0.25, 0.3) is 0 Å². The molecule has 1 atom stereocenters. The van der Waals surface area contributed by atoms with Crippen LogP contribution < -0.4 is 0 Å². The SMILES string of the molecule is CCCN(CC(C)C(=O)OC)C(=O)C1CCC1. The van der Waals surface area contributed by atoms with Crippen LogP contribution in [0.3, 0.4) is 0 Å². The van der Waals surface area contributed by atoms with Gasteiger partial charge in [0, 0.05) is 19.0 Å². The third kappa shape index (κ3) is 3.72. The molecule has 4 heteroatoms. The van der Waals surface area contributed by atoms with Crippen LogP contribution in [0, 0.1) is 11.8 Å². The van der Waals surface area contributed by atoms with Crippen molar-refractivity contribution in [2.75, 3.05) is 20.2 Å². The third-order valence-electron chi connectivity index (χ3n) is 3.36. The first kappa shape index (κ1) is 14.0. The lowest BCUT2D eigenvalue weighted by Gasteiger charge is -2.32. The van der Waals surface area contributed by atoms with Gasteiger partial charge in [-0.3, -0.25) is 9.59 Å². The van der Waals surface area contributed by atoms with Gasteiger partial charge in [-0.2, -0.15) is 0 Å². The Morgan fingerprint density at radius 2 is 2.06 bits per heavy atom. The van der Waals surface area contributed by atoms with Crippen LogP contribution in [0.5, 0.6) is 0 Å². The predicted octanol–water partition coefficient (Wildman–Crippen LogP) is 1.83. The molecule has 0 N–H and O–H groups in total. The Hall–Kier alpha value is -1.06. The van der Waals surface area contributed by atoms with Gasteiger partial charge in [-0.05, 0) is 19.3 Å². The lowest BCUT2D eigenvalue weighted by atomic mass is 9.84. The Morgan fingerprint density at radius 1 is 1.41 bits per heavy atom. The molecule has 0 aliphatic heterocycles. The second-order valence-electron chi connectivity index (χ2n) is 4.84. The van der Waals surface area contributed by atoms with Crippen LogP contribution in [0.15, 0.2) is 0 Å². The molecule has 0 aromatic rings. The minimum atomic E-state index is -0.243. The number of hydrogen-bond donors (Lipinski definition) is 0. The van der Waals surface area contributed by atoms with Crippen LogP contribution in [0.2, 0.25) is 0 Å². The van der Waals surface area contributed by atoms with Gasteiger partial charge >= 0.3 is 5.97 Å². The van der Waals surface area contributed by atoms with Gasteiger partial charge in [0.1, 0.15) is 0 Å². The highest BCUT2D eigenvalue weighted by molar-refractivity contribution is 5.80. The standard InChI is InChI=1S/C13H23NO3/c1-4-8-14(9-10(2)13(16)17-3)12(15)11-6-5-7-11/h10-11H,4-9H2,1-3H3. The monoisotopic (exact) mass is 241 g/mol. The van der Waals surface area contributed by atoms with Crippen LogP contribution in [-0.4, -0.2) is 37.0 Å². The van der Waals surface area contributed by atoms with Gasteiger partial charge < -0.3 is 9.64 Å². The van der Waals surface area contributed by atoms with Crippen molar-refractivity contribution >= 4 is 11.9 Å². The molecular weight excluding hydrogens is 218 g/mol. The number of nitrogens with zero attached hydrogens (tertiary/aromatic N) is 1. The highest BCUT2D eigenvalue weighted by atomic mass is 16.5. The molecule has 98 valence electrons. The average molecular weight is 241 g/mol. The number of ether oxygens (including phenoxy) is 1. The largest absolute Gasteiger partial charge is 0.469 e. The third-order valence-corrected chi connectivity index (χ3v) is 3.36. The summed E-state index contributed by atoms with van der Waals surface area (Å²) in [6.07, 6.45) is 4.09. The fourth-order valence-corrected chi connectivity index (χ4v) is 2.08. The van der Waals surface area contributed by atoms with Crippen LogP contribution in [0.4, 0.5) is 0 Å². The number of esters is 1. The number of carbonyl (C=O) groups is 2. The minimum Gasteiger partial charge on any atom is -0.469 e. The summed E-state index contributed by atoms with van der Waals surface area (Å²) in [7, 11) is 1.39. The molecule has 0 radical (unpaired) electrons. The van der Waals surface area contributed by atoms with Crippen molar-refractivity contribution < 1.29 is 14.3 Å². The Balaban J connectivity index is 2.52. The van der Waals surface area contributed by atoms with Gasteiger partial charge in [0.2, 0.25) is 5.91 Å². The van der Waals surface area contributed by atoms with E-state index in [-0.39, 0.29) is 23.7 Å². The summed E-state index contributed by atoms with van der Waals surface area (Å²) in [5, 5.41) is 0. The summed E-state index contributed by atoms with van der Waals surface area (Å²) in [4.78, 5) is 25.3. The van der Waals surface area contributed by atoms with E-state index in [0.29, 0.717) is 6.54 Å². The molecule has 1 fully saturated rings. The van der Waals surface area contributed by atoms with E-state index < -0.39 is 0 Å². The molecule has 1 aliphatic rings. The summed E-state index contributed by atoms with van der Waals surface area (Å²) in [5.41, 5.74) is 0. The van der Waals surface area contributed by atoms with Crippen molar-refractivity contribution in [3.8, 4) is 0 Å². The molecular formula is C13H23NO3. The molecule has 17 heavy (non-hydrogen) atoms. The van der Waals surface area contributed by atoms with Crippen molar-refractivity contribution in [1.82, 2.24) is 4.90 Å². The normalized spacial score (nSPS) is 17.1. The minimum absolute atomic E-state index is 0.200. The molecule has 1 unspecified atom stereocenters. The highest BCUT2D eigenvalue weighted by Crippen LogP contribution is 2.28. The quantitative estimate of drug-likeness (QED) is 0.667. The van der Waals surface area contributed by atoms with E-state index in [2.05, 4.69) is 0 Å². The highest BCUT2D eigenvalue weighted by Gasteiger charge is 2.30. The molecule has 0 saturated heterocycles. The van der Waals surface area contributed by atoms with Gasteiger partial charge in [-0.1, -0.05) is 20.3 Å². The van der Waals surface area contributed by atoms with E-state index in [1.165, 1.54) is 7.11 Å². The van der Waals surface area contributed by atoms with E-state index in [9.17, 15) is 9.59 Å². The molecule has 0 heterocycles. The molecule has 1 amide bonds. The van der Waals surface area contributed by atoms with Crippen molar-refractivity contribution in [2.24, 2.45) is 11.8 Å². The molecule has 1 saturated carbocycles. The summed E-state index contributed by atoms with van der Waals surface area (Å²) >= 11 is 0. The Bertz CT molecular complexity index is 274. The second-order valence-corrected chi connectivity index (χ2v) is 4.84. The smallest absolute Gasteiger partial charge is 0.310 e. The van der Waals surface area contributed by atoms with E-state index in [1.54, 1.807) is 0 Å². The van der Waals surface area contributed by atoms with Crippen molar-refractivity contribution in [1.29, 1.82) is 0 Å². The molecule has 1 rings (SSSR count). The first-order valence-corrected chi connectivity index (χ1v) is 6.46. The molecule has 0 aromatic carbocycles. The molecule has 4 nitrogen and oxygen atoms in total. The summed E-state index contributed by atoms with van der Waals surface area (Å²) in [6.45, 7) is 5.07. The maximum atomic E-state index is 12.1. The fraction of sp³-hybridized carbons (Fsp3) is 0.846. The first-order valence-electron chi connectivity index (χ1n) is 6.46. The number of hydrogen-bond acceptors (Lipinski definition) is 3. The van der Waals surface area contributed by atoms with E-state index in [0.717, 1.165) is 32.2 Å². The molecule has 0 spiro atoms. The Labute approximate surface area is 103 Å². The van der Waals surface area contributed by atoms with Gasteiger partial charge in [0.15, 0.2) is 0 Å². The predicted molar refractivity (Wildman–Crippen MR) is 65.4 cm³/mol. The number of carbonyl (C=O) groups excluding carboxylic acids is 2. The average Bonchev–Trinajstić information content (AvgIpc) is 2.24. The number of rotatable bonds is 6. The van der Waals surface area contributed by atoms with Gasteiger partial charge in [-0.15, -0.1) is 0 Å². The summed E-state index contributed by atoms with van der Waals surface area (Å²) < 4.78 is 4.69. The van der Waals surface area contributed by atoms with E-state index in [4.69, 9.17) is 4.74 Å². The topological polar surface area (TPSA) is 46.6 Å². The lowest BCUT2D eigenvalue weighted by Crippen LogP contribution is -2.42. The first-order chi connectivity index (χ1) is 8.10.